The van der Waals surface area contributed by atoms with Crippen molar-refractivity contribution in [3.8, 4) is 0 Å². The second-order valence-electron chi connectivity index (χ2n) is 6.98. The summed E-state index contributed by atoms with van der Waals surface area (Å²) in [4.78, 5) is 14.3. The molecule has 1 aromatic rings. The van der Waals surface area contributed by atoms with Crippen molar-refractivity contribution in [1.29, 1.82) is 0 Å². The van der Waals surface area contributed by atoms with Crippen LogP contribution in [0.2, 0.25) is 0 Å². The number of likely N-dealkylation sites (tertiary alicyclic amines) is 1. The zero-order chi connectivity index (χ0) is 15.3. The van der Waals surface area contributed by atoms with E-state index in [1.165, 1.54) is 5.56 Å². The van der Waals surface area contributed by atoms with Gasteiger partial charge in [-0.25, -0.2) is 0 Å². The zero-order valence-electron chi connectivity index (χ0n) is 13.5. The molecule has 0 saturated carbocycles. The maximum Gasteiger partial charge on any atom is 0.306 e. The molecule has 0 amide bonds. The SMILES string of the molecule is CC(C)(C)OC(=O)CC1CCN(CCc2ccccc2)C1. The van der Waals surface area contributed by atoms with Crippen molar-refractivity contribution in [3.05, 3.63) is 35.9 Å². The Hall–Kier alpha value is -1.35. The van der Waals surface area contributed by atoms with Crippen LogP contribution >= 0.6 is 0 Å². The van der Waals surface area contributed by atoms with Crippen LogP contribution in [-0.2, 0) is 16.0 Å². The van der Waals surface area contributed by atoms with Crippen LogP contribution in [0.5, 0.6) is 0 Å². The van der Waals surface area contributed by atoms with Gasteiger partial charge >= 0.3 is 5.97 Å². The molecule has 1 atom stereocenters. The Kier molecular flexibility index (Phi) is 5.40. The minimum Gasteiger partial charge on any atom is -0.460 e. The van der Waals surface area contributed by atoms with Crippen molar-refractivity contribution < 1.29 is 9.53 Å². The number of hydrogen-bond donors (Lipinski definition) is 0. The van der Waals surface area contributed by atoms with E-state index in [9.17, 15) is 4.79 Å². The molecular formula is C18H27NO2. The first-order valence-corrected chi connectivity index (χ1v) is 7.90. The smallest absolute Gasteiger partial charge is 0.306 e. The Bertz CT molecular complexity index is 450. The van der Waals surface area contributed by atoms with Crippen LogP contribution in [0.3, 0.4) is 0 Å². The van der Waals surface area contributed by atoms with Gasteiger partial charge in [-0.05, 0) is 51.6 Å². The number of carbonyl (C=O) groups excluding carboxylic acids is 1. The quantitative estimate of drug-likeness (QED) is 0.779. The third-order valence-electron chi connectivity index (χ3n) is 3.80. The molecule has 1 unspecified atom stereocenters. The average Bonchev–Trinajstić information content (AvgIpc) is 2.83. The molecule has 116 valence electrons. The second-order valence-corrected chi connectivity index (χ2v) is 6.98. The number of benzene rings is 1. The first kappa shape index (κ1) is 16.0. The Morgan fingerprint density at radius 1 is 1.29 bits per heavy atom. The van der Waals surface area contributed by atoms with Gasteiger partial charge < -0.3 is 9.64 Å². The normalized spacial score (nSPS) is 19.7. The maximum atomic E-state index is 11.9. The van der Waals surface area contributed by atoms with Crippen LogP contribution in [0, 0.1) is 5.92 Å². The number of esters is 1. The summed E-state index contributed by atoms with van der Waals surface area (Å²) in [6.45, 7) is 8.96. The van der Waals surface area contributed by atoms with E-state index in [0.717, 1.165) is 32.5 Å². The summed E-state index contributed by atoms with van der Waals surface area (Å²) in [6, 6.07) is 10.6. The highest BCUT2D eigenvalue weighted by Gasteiger charge is 2.26. The number of ether oxygens (including phenoxy) is 1. The van der Waals surface area contributed by atoms with Crippen molar-refractivity contribution in [2.75, 3.05) is 19.6 Å². The molecule has 1 aliphatic rings. The van der Waals surface area contributed by atoms with Gasteiger partial charge in [-0.3, -0.25) is 4.79 Å². The van der Waals surface area contributed by atoms with E-state index in [-0.39, 0.29) is 11.6 Å². The van der Waals surface area contributed by atoms with Crippen LogP contribution in [0.15, 0.2) is 30.3 Å². The third kappa shape index (κ3) is 5.88. The lowest BCUT2D eigenvalue weighted by atomic mass is 10.1. The highest BCUT2D eigenvalue weighted by Crippen LogP contribution is 2.21. The predicted molar refractivity (Wildman–Crippen MR) is 85.2 cm³/mol. The van der Waals surface area contributed by atoms with Gasteiger partial charge in [0, 0.05) is 19.5 Å². The number of hydrogen-bond acceptors (Lipinski definition) is 3. The fraction of sp³-hybridized carbons (Fsp3) is 0.611. The molecule has 1 fully saturated rings. The lowest BCUT2D eigenvalue weighted by molar-refractivity contribution is -0.155. The van der Waals surface area contributed by atoms with Crippen molar-refractivity contribution in [2.24, 2.45) is 5.92 Å². The minimum absolute atomic E-state index is 0.0580. The van der Waals surface area contributed by atoms with Crippen molar-refractivity contribution in [2.45, 2.75) is 45.6 Å². The molecule has 2 rings (SSSR count). The van der Waals surface area contributed by atoms with Crippen LogP contribution in [0.25, 0.3) is 0 Å². The van der Waals surface area contributed by atoms with E-state index < -0.39 is 0 Å². The largest absolute Gasteiger partial charge is 0.460 e. The number of carbonyl (C=O) groups is 1. The molecule has 1 aliphatic heterocycles. The van der Waals surface area contributed by atoms with Crippen molar-refractivity contribution in [1.82, 2.24) is 4.90 Å². The van der Waals surface area contributed by atoms with Gasteiger partial charge in [0.05, 0.1) is 0 Å². The molecule has 0 aromatic heterocycles. The first-order chi connectivity index (χ1) is 9.92. The highest BCUT2D eigenvalue weighted by atomic mass is 16.6. The lowest BCUT2D eigenvalue weighted by Crippen LogP contribution is -2.27. The molecule has 3 nitrogen and oxygen atoms in total. The van der Waals surface area contributed by atoms with Crippen LogP contribution in [0.4, 0.5) is 0 Å². The molecule has 1 heterocycles. The maximum absolute atomic E-state index is 11.9. The third-order valence-corrected chi connectivity index (χ3v) is 3.80. The molecule has 0 aliphatic carbocycles. The molecule has 3 heteroatoms. The second kappa shape index (κ2) is 7.08. The summed E-state index contributed by atoms with van der Waals surface area (Å²) in [7, 11) is 0. The fourth-order valence-corrected chi connectivity index (χ4v) is 2.83. The summed E-state index contributed by atoms with van der Waals surface area (Å²) in [5.41, 5.74) is 1.01. The van der Waals surface area contributed by atoms with Crippen LogP contribution in [0.1, 0.15) is 39.2 Å². The van der Waals surface area contributed by atoms with Gasteiger partial charge in [-0.15, -0.1) is 0 Å². The Balaban J connectivity index is 1.70. The summed E-state index contributed by atoms with van der Waals surface area (Å²) < 4.78 is 5.41. The lowest BCUT2D eigenvalue weighted by Gasteiger charge is -2.21. The highest BCUT2D eigenvalue weighted by molar-refractivity contribution is 5.70. The van der Waals surface area contributed by atoms with Crippen molar-refractivity contribution in [3.63, 3.8) is 0 Å². The summed E-state index contributed by atoms with van der Waals surface area (Å²) in [6.07, 6.45) is 2.74. The van der Waals surface area contributed by atoms with Gasteiger partial charge in [-0.2, -0.15) is 0 Å². The van der Waals surface area contributed by atoms with Gasteiger partial charge in [0.2, 0.25) is 0 Å². The summed E-state index contributed by atoms with van der Waals surface area (Å²) >= 11 is 0. The Morgan fingerprint density at radius 2 is 2.00 bits per heavy atom. The van der Waals surface area contributed by atoms with Crippen LogP contribution < -0.4 is 0 Å². The topological polar surface area (TPSA) is 29.5 Å². The minimum atomic E-state index is -0.372. The van der Waals surface area contributed by atoms with Gasteiger partial charge in [0.1, 0.15) is 5.60 Å². The Morgan fingerprint density at radius 3 is 2.67 bits per heavy atom. The molecule has 1 saturated heterocycles. The fourth-order valence-electron chi connectivity index (χ4n) is 2.83. The molecule has 0 bridgehead atoms. The summed E-state index contributed by atoms with van der Waals surface area (Å²) in [5.74, 6) is 0.396. The molecule has 1 aromatic carbocycles. The zero-order valence-corrected chi connectivity index (χ0v) is 13.5. The van der Waals surface area contributed by atoms with E-state index in [4.69, 9.17) is 4.74 Å². The monoisotopic (exact) mass is 289 g/mol. The van der Waals surface area contributed by atoms with E-state index in [1.54, 1.807) is 0 Å². The number of rotatable bonds is 5. The van der Waals surface area contributed by atoms with Crippen molar-refractivity contribution >= 4 is 5.97 Å². The molecule has 0 N–H and O–H groups in total. The van der Waals surface area contributed by atoms with Gasteiger partial charge in [0.15, 0.2) is 0 Å². The van der Waals surface area contributed by atoms with Gasteiger partial charge in [0.25, 0.3) is 0 Å². The Labute approximate surface area is 128 Å². The average molecular weight is 289 g/mol. The van der Waals surface area contributed by atoms with E-state index in [1.807, 2.05) is 20.8 Å². The molecule has 0 radical (unpaired) electrons. The molecule has 21 heavy (non-hydrogen) atoms. The summed E-state index contributed by atoms with van der Waals surface area (Å²) in [5, 5.41) is 0. The van der Waals surface area contributed by atoms with E-state index >= 15 is 0 Å². The van der Waals surface area contributed by atoms with E-state index in [2.05, 4.69) is 35.2 Å². The van der Waals surface area contributed by atoms with E-state index in [0.29, 0.717) is 12.3 Å². The molecule has 0 spiro atoms. The van der Waals surface area contributed by atoms with Gasteiger partial charge in [-0.1, -0.05) is 30.3 Å². The molecular weight excluding hydrogens is 262 g/mol. The van der Waals surface area contributed by atoms with Crippen LogP contribution in [-0.4, -0.2) is 36.1 Å². The number of nitrogens with zero attached hydrogens (tertiary/aromatic N) is 1. The standard InChI is InChI=1S/C18H27NO2/c1-18(2,3)21-17(20)13-16-10-12-19(14-16)11-9-15-7-5-4-6-8-15/h4-8,16H,9-14H2,1-3H3. The first-order valence-electron chi connectivity index (χ1n) is 7.90. The predicted octanol–water partition coefficient (Wildman–Crippen LogP) is 3.28.